The van der Waals surface area contributed by atoms with Gasteiger partial charge >= 0.3 is 11.9 Å². The average molecular weight is 541 g/mol. The number of aliphatic carboxylic acids is 2. The molecule has 4 amide bonds. The Labute approximate surface area is 216 Å². The van der Waals surface area contributed by atoms with Crippen molar-refractivity contribution >= 4 is 41.5 Å². The minimum atomic E-state index is -1.66. The molecule has 1 aromatic rings. The number of hydrogen-bond donors (Lipinski definition) is 10. The lowest BCUT2D eigenvalue weighted by Crippen LogP contribution is -2.58. The minimum absolute atomic E-state index is 0.0689. The molecule has 1 aromatic heterocycles. The summed E-state index contributed by atoms with van der Waals surface area (Å²) in [5.41, 5.74) is 21.6. The molecular formula is C20H32N10O8. The predicted octanol–water partition coefficient (Wildman–Crippen LogP) is -4.78. The molecule has 14 N–H and O–H groups in total. The number of aliphatic imine (C=N–C) groups is 1. The number of guanidine groups is 1. The van der Waals surface area contributed by atoms with Gasteiger partial charge in [0, 0.05) is 24.9 Å². The number of aromatic nitrogens is 2. The lowest BCUT2D eigenvalue weighted by Gasteiger charge is -2.24. The molecule has 0 radical (unpaired) electrons. The zero-order valence-corrected chi connectivity index (χ0v) is 20.3. The van der Waals surface area contributed by atoms with Gasteiger partial charge in [0.25, 0.3) is 0 Å². The van der Waals surface area contributed by atoms with Gasteiger partial charge in [-0.15, -0.1) is 0 Å². The van der Waals surface area contributed by atoms with Crippen molar-refractivity contribution in [2.45, 2.75) is 56.3 Å². The summed E-state index contributed by atoms with van der Waals surface area (Å²) in [4.78, 5) is 82.3. The quantitative estimate of drug-likeness (QED) is 0.0505. The summed E-state index contributed by atoms with van der Waals surface area (Å²) in [7, 11) is 0. The van der Waals surface area contributed by atoms with Gasteiger partial charge in [-0.2, -0.15) is 0 Å². The van der Waals surface area contributed by atoms with Crippen LogP contribution in [0.4, 0.5) is 0 Å². The molecule has 210 valence electrons. The van der Waals surface area contributed by atoms with Crippen molar-refractivity contribution < 1.29 is 39.0 Å². The molecule has 0 fully saturated rings. The van der Waals surface area contributed by atoms with Gasteiger partial charge in [0.05, 0.1) is 25.2 Å². The molecule has 38 heavy (non-hydrogen) atoms. The van der Waals surface area contributed by atoms with Crippen LogP contribution in [0.3, 0.4) is 0 Å². The van der Waals surface area contributed by atoms with Crippen LogP contribution in [-0.2, 0) is 35.2 Å². The molecule has 0 bridgehead atoms. The van der Waals surface area contributed by atoms with Crippen LogP contribution in [0, 0.1) is 0 Å². The Morgan fingerprint density at radius 2 is 1.53 bits per heavy atom. The molecule has 1 rings (SSSR count). The highest BCUT2D eigenvalue weighted by Gasteiger charge is 2.31. The van der Waals surface area contributed by atoms with E-state index in [-0.39, 0.29) is 31.8 Å². The summed E-state index contributed by atoms with van der Waals surface area (Å²) in [6.45, 7) is 0.0734. The van der Waals surface area contributed by atoms with Gasteiger partial charge in [-0.3, -0.25) is 29.0 Å². The average Bonchev–Trinajstić information content (AvgIpc) is 3.32. The van der Waals surface area contributed by atoms with E-state index in [2.05, 4.69) is 30.9 Å². The second-order valence-corrected chi connectivity index (χ2v) is 8.13. The second kappa shape index (κ2) is 15.4. The number of imidazole rings is 1. The number of carbonyl (C=O) groups excluding carboxylic acids is 4. The van der Waals surface area contributed by atoms with Crippen LogP contribution >= 0.6 is 0 Å². The molecule has 0 saturated carbocycles. The van der Waals surface area contributed by atoms with E-state index in [1.807, 2.05) is 0 Å². The van der Waals surface area contributed by atoms with Gasteiger partial charge in [-0.1, -0.05) is 0 Å². The third-order valence-corrected chi connectivity index (χ3v) is 4.94. The molecule has 0 aliphatic carbocycles. The molecule has 0 aliphatic heterocycles. The van der Waals surface area contributed by atoms with E-state index in [0.29, 0.717) is 5.69 Å². The van der Waals surface area contributed by atoms with Gasteiger partial charge in [0.2, 0.25) is 23.6 Å². The van der Waals surface area contributed by atoms with E-state index in [1.165, 1.54) is 12.5 Å². The van der Waals surface area contributed by atoms with Crippen LogP contribution in [0.5, 0.6) is 0 Å². The van der Waals surface area contributed by atoms with E-state index >= 15 is 0 Å². The normalized spacial score (nSPS) is 13.7. The molecule has 18 heteroatoms. The fourth-order valence-corrected chi connectivity index (χ4v) is 3.10. The number of nitrogens with two attached hydrogens (primary N) is 4. The first-order chi connectivity index (χ1) is 17.8. The Hall–Kier alpha value is -4.74. The highest BCUT2D eigenvalue weighted by molar-refractivity contribution is 5.95. The summed E-state index contributed by atoms with van der Waals surface area (Å²) in [5.74, 6) is -6.81. The molecule has 18 nitrogen and oxygen atoms in total. The summed E-state index contributed by atoms with van der Waals surface area (Å²) >= 11 is 0. The van der Waals surface area contributed by atoms with Gasteiger partial charge in [-0.05, 0) is 12.8 Å². The monoisotopic (exact) mass is 540 g/mol. The van der Waals surface area contributed by atoms with Crippen LogP contribution in [-0.4, -0.2) is 92.4 Å². The van der Waals surface area contributed by atoms with Crippen molar-refractivity contribution in [3.8, 4) is 0 Å². The van der Waals surface area contributed by atoms with Gasteiger partial charge in [0.1, 0.15) is 18.1 Å². The number of primary amides is 1. The maximum Gasteiger partial charge on any atom is 0.326 e. The highest BCUT2D eigenvalue weighted by atomic mass is 16.4. The van der Waals surface area contributed by atoms with Crippen molar-refractivity contribution in [3.63, 3.8) is 0 Å². The number of H-pyrrole nitrogens is 1. The standard InChI is InChI=1S/C20H32N10O8/c21-10(5-15(32)33)16(34)29-12(4-9-7-25-8-27-9)18(36)28-11(2-1-3-26-20(23)24)17(35)30-13(19(37)38)6-14(22)31/h7-8,10-13H,1-6,21H2,(H2,22,31)(H,25,27)(H,28,36)(H,29,34)(H,30,35)(H,32,33)(H,37,38)(H4,23,24,26). The number of carboxylic acids is 2. The van der Waals surface area contributed by atoms with Gasteiger partial charge in [0.15, 0.2) is 5.96 Å². The number of carboxylic acid groups (broad SMARTS) is 2. The lowest BCUT2D eigenvalue weighted by atomic mass is 10.1. The summed E-state index contributed by atoms with van der Waals surface area (Å²) < 4.78 is 0. The Morgan fingerprint density at radius 3 is 2.05 bits per heavy atom. The predicted molar refractivity (Wildman–Crippen MR) is 130 cm³/mol. The maximum atomic E-state index is 13.1. The molecule has 1 heterocycles. The van der Waals surface area contributed by atoms with Crippen molar-refractivity contribution in [2.75, 3.05) is 6.54 Å². The van der Waals surface area contributed by atoms with Gasteiger partial charge in [-0.25, -0.2) is 9.78 Å². The van der Waals surface area contributed by atoms with E-state index in [4.69, 9.17) is 28.0 Å². The zero-order valence-electron chi connectivity index (χ0n) is 20.3. The second-order valence-electron chi connectivity index (χ2n) is 8.13. The Kier molecular flexibility index (Phi) is 12.7. The SMILES string of the molecule is NC(=O)CC(NC(=O)C(CCCN=C(N)N)NC(=O)C(Cc1cnc[nH]1)NC(=O)C(N)CC(=O)O)C(=O)O. The summed E-state index contributed by atoms with van der Waals surface area (Å²) in [6, 6.07) is -5.81. The topological polar surface area (TPSA) is 324 Å². The fourth-order valence-electron chi connectivity index (χ4n) is 3.10. The van der Waals surface area contributed by atoms with Crippen molar-refractivity contribution in [1.29, 1.82) is 0 Å². The minimum Gasteiger partial charge on any atom is -0.481 e. The number of rotatable bonds is 17. The summed E-state index contributed by atoms with van der Waals surface area (Å²) in [6.07, 6.45) is 1.27. The number of nitrogens with zero attached hydrogens (tertiary/aromatic N) is 2. The number of aromatic amines is 1. The Morgan fingerprint density at radius 1 is 0.921 bits per heavy atom. The Balaban J connectivity index is 3.12. The third-order valence-electron chi connectivity index (χ3n) is 4.94. The van der Waals surface area contributed by atoms with Crippen LogP contribution < -0.4 is 38.9 Å². The molecule has 4 unspecified atom stereocenters. The molecule has 0 spiro atoms. The first-order valence-corrected chi connectivity index (χ1v) is 11.2. The van der Waals surface area contributed by atoms with Crippen molar-refractivity contribution in [3.05, 3.63) is 18.2 Å². The maximum absolute atomic E-state index is 13.1. The smallest absolute Gasteiger partial charge is 0.326 e. The first kappa shape index (κ1) is 31.3. The number of nitrogens with one attached hydrogen (secondary N) is 4. The lowest BCUT2D eigenvalue weighted by molar-refractivity contribution is -0.143. The van der Waals surface area contributed by atoms with Crippen molar-refractivity contribution in [1.82, 2.24) is 25.9 Å². The zero-order chi connectivity index (χ0) is 28.8. The Bertz CT molecular complexity index is 1030. The molecular weight excluding hydrogens is 508 g/mol. The first-order valence-electron chi connectivity index (χ1n) is 11.2. The molecule has 0 saturated heterocycles. The van der Waals surface area contributed by atoms with E-state index in [9.17, 15) is 33.9 Å². The van der Waals surface area contributed by atoms with E-state index < -0.39 is 72.6 Å². The number of hydrogen-bond acceptors (Lipinski definition) is 9. The van der Waals surface area contributed by atoms with Crippen LogP contribution in [0.2, 0.25) is 0 Å². The van der Waals surface area contributed by atoms with Crippen LogP contribution in [0.15, 0.2) is 17.5 Å². The highest BCUT2D eigenvalue weighted by Crippen LogP contribution is 2.05. The molecule has 0 aliphatic rings. The largest absolute Gasteiger partial charge is 0.481 e. The van der Waals surface area contributed by atoms with E-state index in [0.717, 1.165) is 0 Å². The number of amides is 4. The van der Waals surface area contributed by atoms with Crippen LogP contribution in [0.25, 0.3) is 0 Å². The summed E-state index contributed by atoms with van der Waals surface area (Å²) in [5, 5.41) is 25.1. The van der Waals surface area contributed by atoms with Crippen LogP contribution in [0.1, 0.15) is 31.4 Å². The van der Waals surface area contributed by atoms with E-state index in [1.54, 1.807) is 0 Å². The fraction of sp³-hybridized carbons (Fsp3) is 0.500. The molecule has 4 atom stereocenters. The van der Waals surface area contributed by atoms with Gasteiger partial charge < -0.3 is 54.1 Å². The third kappa shape index (κ3) is 11.8. The van der Waals surface area contributed by atoms with Crippen molar-refractivity contribution in [2.24, 2.45) is 27.9 Å². The number of carbonyl (C=O) groups is 6. The molecule has 0 aromatic carbocycles.